The van der Waals surface area contributed by atoms with Crippen LogP contribution in [0.1, 0.15) is 22.3 Å². The van der Waals surface area contributed by atoms with E-state index in [0.29, 0.717) is 24.2 Å². The van der Waals surface area contributed by atoms with E-state index in [1.54, 1.807) is 24.3 Å². The smallest absolute Gasteiger partial charge is 0.224 e. The molecule has 2 aromatic rings. The van der Waals surface area contributed by atoms with Crippen LogP contribution in [0.5, 0.6) is 11.5 Å². The monoisotopic (exact) mass is 267 g/mol. The number of rotatable bonds is 3. The SMILES string of the molecule is O=Cc1ccc(Oc2cccc3c2CCC(=O)N3)cc1. The Morgan fingerprint density at radius 2 is 1.85 bits per heavy atom. The number of fused-ring (bicyclic) bond motifs is 1. The summed E-state index contributed by atoms with van der Waals surface area (Å²) in [5, 5.41) is 2.84. The standard InChI is InChI=1S/C16H13NO3/c18-10-11-4-6-12(7-5-11)20-15-3-1-2-14-13(15)8-9-16(19)17-14/h1-7,10H,8-9H2,(H,17,19). The van der Waals surface area contributed by atoms with Crippen LogP contribution in [-0.2, 0) is 11.2 Å². The van der Waals surface area contributed by atoms with Crippen LogP contribution in [0.2, 0.25) is 0 Å². The molecule has 3 rings (SSSR count). The van der Waals surface area contributed by atoms with E-state index in [1.807, 2.05) is 18.2 Å². The first-order valence-electron chi connectivity index (χ1n) is 6.41. The lowest BCUT2D eigenvalue weighted by Gasteiger charge is -2.19. The van der Waals surface area contributed by atoms with Crippen LogP contribution in [0.25, 0.3) is 0 Å². The average Bonchev–Trinajstić information content (AvgIpc) is 2.48. The topological polar surface area (TPSA) is 55.4 Å². The van der Waals surface area contributed by atoms with Gasteiger partial charge in [0.25, 0.3) is 0 Å². The Labute approximate surface area is 116 Å². The number of hydrogen-bond acceptors (Lipinski definition) is 3. The number of anilines is 1. The zero-order valence-electron chi connectivity index (χ0n) is 10.8. The second-order valence-corrected chi connectivity index (χ2v) is 4.62. The molecule has 0 saturated heterocycles. The minimum absolute atomic E-state index is 0.0324. The second kappa shape index (κ2) is 5.17. The van der Waals surface area contributed by atoms with Crippen molar-refractivity contribution in [3.05, 3.63) is 53.6 Å². The number of carbonyl (C=O) groups is 2. The van der Waals surface area contributed by atoms with Crippen molar-refractivity contribution in [2.75, 3.05) is 5.32 Å². The maximum Gasteiger partial charge on any atom is 0.224 e. The number of amides is 1. The highest BCUT2D eigenvalue weighted by molar-refractivity contribution is 5.94. The van der Waals surface area contributed by atoms with Crippen molar-refractivity contribution < 1.29 is 14.3 Å². The molecule has 0 atom stereocenters. The lowest BCUT2D eigenvalue weighted by atomic mass is 10.0. The molecule has 100 valence electrons. The molecule has 0 aliphatic carbocycles. The third-order valence-corrected chi connectivity index (χ3v) is 3.25. The van der Waals surface area contributed by atoms with Crippen molar-refractivity contribution in [1.82, 2.24) is 0 Å². The first kappa shape index (κ1) is 12.4. The third-order valence-electron chi connectivity index (χ3n) is 3.25. The van der Waals surface area contributed by atoms with Crippen molar-refractivity contribution in [1.29, 1.82) is 0 Å². The number of ether oxygens (including phenoxy) is 1. The maximum atomic E-state index is 11.4. The summed E-state index contributed by atoms with van der Waals surface area (Å²) in [6.07, 6.45) is 1.94. The number of aldehydes is 1. The number of hydrogen-bond donors (Lipinski definition) is 1. The molecule has 4 heteroatoms. The highest BCUT2D eigenvalue weighted by Gasteiger charge is 2.18. The zero-order chi connectivity index (χ0) is 13.9. The van der Waals surface area contributed by atoms with Crippen LogP contribution in [0.15, 0.2) is 42.5 Å². The molecule has 0 radical (unpaired) electrons. The summed E-state index contributed by atoms with van der Waals surface area (Å²) in [5.74, 6) is 1.44. The molecule has 0 bridgehead atoms. The van der Waals surface area contributed by atoms with E-state index in [1.165, 1.54) is 0 Å². The van der Waals surface area contributed by atoms with E-state index in [-0.39, 0.29) is 5.91 Å². The van der Waals surface area contributed by atoms with Crippen molar-refractivity contribution in [2.24, 2.45) is 0 Å². The van der Waals surface area contributed by atoms with Gasteiger partial charge in [-0.2, -0.15) is 0 Å². The average molecular weight is 267 g/mol. The molecule has 1 N–H and O–H groups in total. The number of carbonyl (C=O) groups excluding carboxylic acids is 2. The largest absolute Gasteiger partial charge is 0.457 e. The fourth-order valence-corrected chi connectivity index (χ4v) is 2.23. The Morgan fingerprint density at radius 1 is 1.05 bits per heavy atom. The van der Waals surface area contributed by atoms with Gasteiger partial charge < -0.3 is 10.1 Å². The van der Waals surface area contributed by atoms with Crippen LogP contribution < -0.4 is 10.1 Å². The highest BCUT2D eigenvalue weighted by atomic mass is 16.5. The fourth-order valence-electron chi connectivity index (χ4n) is 2.23. The van der Waals surface area contributed by atoms with Crippen LogP contribution >= 0.6 is 0 Å². The summed E-state index contributed by atoms with van der Waals surface area (Å²) in [6, 6.07) is 12.5. The summed E-state index contributed by atoms with van der Waals surface area (Å²) in [7, 11) is 0. The van der Waals surface area contributed by atoms with Crippen LogP contribution in [0.4, 0.5) is 5.69 Å². The molecule has 1 aliphatic rings. The molecule has 4 nitrogen and oxygen atoms in total. The summed E-state index contributed by atoms with van der Waals surface area (Å²) >= 11 is 0. The van der Waals surface area contributed by atoms with Gasteiger partial charge in [0.05, 0.1) is 0 Å². The number of benzene rings is 2. The molecule has 1 amide bonds. The predicted octanol–water partition coefficient (Wildman–Crippen LogP) is 3.18. The third kappa shape index (κ3) is 2.40. The van der Waals surface area contributed by atoms with Crippen molar-refractivity contribution in [3.8, 4) is 11.5 Å². The van der Waals surface area contributed by atoms with Gasteiger partial charge in [0.15, 0.2) is 0 Å². The van der Waals surface area contributed by atoms with Gasteiger partial charge in [-0.15, -0.1) is 0 Å². The summed E-state index contributed by atoms with van der Waals surface area (Å²) in [5.41, 5.74) is 2.43. The number of nitrogens with one attached hydrogen (secondary N) is 1. The molecular formula is C16H13NO3. The van der Waals surface area contributed by atoms with E-state index in [0.717, 1.165) is 23.3 Å². The molecule has 1 aliphatic heterocycles. The van der Waals surface area contributed by atoms with Gasteiger partial charge in [-0.1, -0.05) is 6.07 Å². The molecule has 2 aromatic carbocycles. The van der Waals surface area contributed by atoms with Crippen LogP contribution in [0, 0.1) is 0 Å². The highest BCUT2D eigenvalue weighted by Crippen LogP contribution is 2.33. The van der Waals surface area contributed by atoms with E-state index in [9.17, 15) is 9.59 Å². The summed E-state index contributed by atoms with van der Waals surface area (Å²) in [6.45, 7) is 0. The first-order valence-corrected chi connectivity index (χ1v) is 6.41. The van der Waals surface area contributed by atoms with Gasteiger partial charge in [-0.3, -0.25) is 9.59 Å². The zero-order valence-corrected chi connectivity index (χ0v) is 10.8. The Balaban J connectivity index is 1.89. The molecule has 20 heavy (non-hydrogen) atoms. The van der Waals surface area contributed by atoms with Gasteiger partial charge in [0.1, 0.15) is 17.8 Å². The molecular weight excluding hydrogens is 254 g/mol. The quantitative estimate of drug-likeness (QED) is 0.869. The van der Waals surface area contributed by atoms with Gasteiger partial charge in [0.2, 0.25) is 5.91 Å². The Hall–Kier alpha value is -2.62. The van der Waals surface area contributed by atoms with Crippen molar-refractivity contribution >= 4 is 17.9 Å². The molecule has 0 unspecified atom stereocenters. The lowest BCUT2D eigenvalue weighted by molar-refractivity contribution is -0.116. The lowest BCUT2D eigenvalue weighted by Crippen LogP contribution is -2.19. The molecule has 0 saturated carbocycles. The van der Waals surface area contributed by atoms with Gasteiger partial charge in [0, 0.05) is 23.2 Å². The molecule has 0 aromatic heterocycles. The minimum Gasteiger partial charge on any atom is -0.457 e. The van der Waals surface area contributed by atoms with Crippen LogP contribution in [-0.4, -0.2) is 12.2 Å². The van der Waals surface area contributed by atoms with E-state index >= 15 is 0 Å². The summed E-state index contributed by atoms with van der Waals surface area (Å²) < 4.78 is 5.84. The van der Waals surface area contributed by atoms with Crippen molar-refractivity contribution in [2.45, 2.75) is 12.8 Å². The predicted molar refractivity (Wildman–Crippen MR) is 75.3 cm³/mol. The van der Waals surface area contributed by atoms with Crippen LogP contribution in [0.3, 0.4) is 0 Å². The van der Waals surface area contributed by atoms with E-state index in [4.69, 9.17) is 4.74 Å². The molecule has 0 fully saturated rings. The Morgan fingerprint density at radius 3 is 2.60 bits per heavy atom. The fraction of sp³-hybridized carbons (Fsp3) is 0.125. The van der Waals surface area contributed by atoms with Gasteiger partial charge in [-0.05, 0) is 42.8 Å². The normalized spacial score (nSPS) is 13.3. The maximum absolute atomic E-state index is 11.4. The van der Waals surface area contributed by atoms with E-state index < -0.39 is 0 Å². The first-order chi connectivity index (χ1) is 9.76. The van der Waals surface area contributed by atoms with Gasteiger partial charge >= 0.3 is 0 Å². The summed E-state index contributed by atoms with van der Waals surface area (Å²) in [4.78, 5) is 22.0. The minimum atomic E-state index is 0.0324. The van der Waals surface area contributed by atoms with E-state index in [2.05, 4.69) is 5.32 Å². The molecule has 0 spiro atoms. The Bertz CT molecular complexity index is 662. The Kier molecular flexibility index (Phi) is 3.21. The molecule has 1 heterocycles. The second-order valence-electron chi connectivity index (χ2n) is 4.62. The van der Waals surface area contributed by atoms with Gasteiger partial charge in [-0.25, -0.2) is 0 Å². The van der Waals surface area contributed by atoms with Crippen molar-refractivity contribution in [3.63, 3.8) is 0 Å².